The van der Waals surface area contributed by atoms with E-state index in [0.717, 1.165) is 5.56 Å². The molecule has 142 valence electrons. The third-order valence-electron chi connectivity index (χ3n) is 3.99. The number of aryl methyl sites for hydroxylation is 1. The van der Waals surface area contributed by atoms with Crippen LogP contribution in [0.3, 0.4) is 0 Å². The predicted molar refractivity (Wildman–Crippen MR) is 107 cm³/mol. The Labute approximate surface area is 162 Å². The minimum Gasteiger partial charge on any atom is -0.484 e. The molecule has 3 aromatic rings. The molecule has 1 heterocycles. The lowest BCUT2D eigenvalue weighted by molar-refractivity contribution is -0.120. The Balaban J connectivity index is 1.79. The third kappa shape index (κ3) is 5.02. The first kappa shape index (κ1) is 19.3. The maximum absolute atomic E-state index is 13.5. The van der Waals surface area contributed by atoms with Gasteiger partial charge in [0.1, 0.15) is 11.6 Å². The maximum Gasteiger partial charge on any atom is 0.266 e. The molecule has 7 heteroatoms. The maximum atomic E-state index is 13.5. The van der Waals surface area contributed by atoms with Gasteiger partial charge in [-0.3, -0.25) is 9.69 Å². The fourth-order valence-electron chi connectivity index (χ4n) is 2.56. The smallest absolute Gasteiger partial charge is 0.266 e. The lowest BCUT2D eigenvalue weighted by atomic mass is 10.2. The minimum atomic E-state index is -0.313. The van der Waals surface area contributed by atoms with Crippen molar-refractivity contribution in [2.24, 2.45) is 0 Å². The summed E-state index contributed by atoms with van der Waals surface area (Å²) in [4.78, 5) is 20.9. The number of hydrogen-bond donors (Lipinski definition) is 0. The highest BCUT2D eigenvalue weighted by atomic mass is 32.1. The van der Waals surface area contributed by atoms with E-state index < -0.39 is 0 Å². The molecular weight excluding hydrogens is 365 g/mol. The summed E-state index contributed by atoms with van der Waals surface area (Å²) in [6.45, 7) is 3.05. The van der Waals surface area contributed by atoms with E-state index in [2.05, 4.69) is 4.98 Å². The molecule has 1 amide bonds. The van der Waals surface area contributed by atoms with Crippen LogP contribution in [0.5, 0.6) is 5.75 Å². The molecule has 0 unspecified atom stereocenters. The lowest BCUT2D eigenvalue weighted by Crippen LogP contribution is -2.39. The summed E-state index contributed by atoms with van der Waals surface area (Å²) in [5.41, 5.74) is 1.75. The van der Waals surface area contributed by atoms with Crippen LogP contribution < -0.4 is 9.64 Å². The van der Waals surface area contributed by atoms with E-state index in [1.165, 1.54) is 23.5 Å². The number of nitrogens with zero attached hydrogens (tertiary/aromatic N) is 3. The Morgan fingerprint density at radius 3 is 2.74 bits per heavy atom. The van der Waals surface area contributed by atoms with Gasteiger partial charge in [-0.15, -0.1) is 0 Å². The van der Waals surface area contributed by atoms with E-state index in [4.69, 9.17) is 4.74 Å². The van der Waals surface area contributed by atoms with E-state index >= 15 is 0 Å². The molecule has 2 aromatic carbocycles. The monoisotopic (exact) mass is 387 g/mol. The van der Waals surface area contributed by atoms with Crippen molar-refractivity contribution >= 4 is 32.6 Å². The largest absolute Gasteiger partial charge is 0.484 e. The number of aromatic nitrogens is 1. The number of thiazole rings is 1. The molecule has 0 aliphatic heterocycles. The fraction of sp³-hybridized carbons (Fsp3) is 0.300. The van der Waals surface area contributed by atoms with Gasteiger partial charge in [-0.05, 0) is 56.9 Å². The summed E-state index contributed by atoms with van der Waals surface area (Å²) in [6.07, 6.45) is 0. The van der Waals surface area contributed by atoms with Crippen molar-refractivity contribution in [1.29, 1.82) is 0 Å². The molecule has 0 saturated heterocycles. The van der Waals surface area contributed by atoms with E-state index in [9.17, 15) is 9.18 Å². The summed E-state index contributed by atoms with van der Waals surface area (Å²) >= 11 is 1.30. The molecular formula is C20H22FN3O2S. The van der Waals surface area contributed by atoms with Crippen molar-refractivity contribution in [3.63, 3.8) is 0 Å². The van der Waals surface area contributed by atoms with Gasteiger partial charge >= 0.3 is 0 Å². The standard InChI is InChI=1S/C20H22FN3O2S/c1-14-5-4-6-16(11-14)26-13-19(25)24(10-9-23(2)3)20-22-17-8-7-15(21)12-18(17)27-20/h4-8,11-12H,9-10,13H2,1-3H3. The van der Waals surface area contributed by atoms with Crippen LogP contribution in [-0.2, 0) is 4.79 Å². The normalized spacial score (nSPS) is 11.1. The number of ether oxygens (including phenoxy) is 1. The molecule has 0 fully saturated rings. The van der Waals surface area contributed by atoms with Crippen molar-refractivity contribution in [3.05, 3.63) is 53.8 Å². The average molecular weight is 387 g/mol. The van der Waals surface area contributed by atoms with Gasteiger partial charge in [0.15, 0.2) is 11.7 Å². The highest BCUT2D eigenvalue weighted by Gasteiger charge is 2.20. The lowest BCUT2D eigenvalue weighted by Gasteiger charge is -2.22. The van der Waals surface area contributed by atoms with Crippen LogP contribution in [0.4, 0.5) is 9.52 Å². The van der Waals surface area contributed by atoms with Crippen molar-refractivity contribution in [2.75, 3.05) is 38.7 Å². The number of amides is 1. The first-order valence-electron chi connectivity index (χ1n) is 8.63. The minimum absolute atomic E-state index is 0.0822. The van der Waals surface area contributed by atoms with E-state index in [1.54, 1.807) is 11.0 Å². The molecule has 0 atom stereocenters. The van der Waals surface area contributed by atoms with Crippen molar-refractivity contribution in [2.45, 2.75) is 6.92 Å². The second-order valence-electron chi connectivity index (χ2n) is 6.56. The number of carbonyl (C=O) groups is 1. The average Bonchev–Trinajstić information content (AvgIpc) is 3.02. The van der Waals surface area contributed by atoms with Gasteiger partial charge in [-0.25, -0.2) is 9.37 Å². The van der Waals surface area contributed by atoms with Gasteiger partial charge in [0.2, 0.25) is 0 Å². The number of rotatable bonds is 7. The van der Waals surface area contributed by atoms with Crippen LogP contribution in [-0.4, -0.2) is 49.6 Å². The molecule has 0 radical (unpaired) electrons. The topological polar surface area (TPSA) is 45.7 Å². The van der Waals surface area contributed by atoms with Gasteiger partial charge in [0.25, 0.3) is 5.91 Å². The van der Waals surface area contributed by atoms with Crippen molar-refractivity contribution in [1.82, 2.24) is 9.88 Å². The molecule has 0 aliphatic carbocycles. The van der Waals surface area contributed by atoms with Crippen molar-refractivity contribution < 1.29 is 13.9 Å². The van der Waals surface area contributed by atoms with Crippen LogP contribution in [0.15, 0.2) is 42.5 Å². The third-order valence-corrected chi connectivity index (χ3v) is 5.03. The Hall–Kier alpha value is -2.51. The van der Waals surface area contributed by atoms with Gasteiger partial charge < -0.3 is 9.64 Å². The van der Waals surface area contributed by atoms with E-state index in [1.807, 2.05) is 50.2 Å². The van der Waals surface area contributed by atoms with Gasteiger partial charge in [-0.2, -0.15) is 0 Å². The highest BCUT2D eigenvalue weighted by molar-refractivity contribution is 7.22. The van der Waals surface area contributed by atoms with E-state index in [-0.39, 0.29) is 18.3 Å². The van der Waals surface area contributed by atoms with Crippen LogP contribution in [0.25, 0.3) is 10.2 Å². The molecule has 0 bridgehead atoms. The summed E-state index contributed by atoms with van der Waals surface area (Å²) in [5, 5.41) is 0.551. The second-order valence-corrected chi connectivity index (χ2v) is 7.57. The Kier molecular flexibility index (Phi) is 6.03. The van der Waals surface area contributed by atoms with Crippen LogP contribution in [0.1, 0.15) is 5.56 Å². The summed E-state index contributed by atoms with van der Waals surface area (Å²) in [5.74, 6) is 0.159. The molecule has 1 aromatic heterocycles. The van der Waals surface area contributed by atoms with Crippen LogP contribution >= 0.6 is 11.3 Å². The number of benzene rings is 2. The number of anilines is 1. The van der Waals surface area contributed by atoms with E-state index in [0.29, 0.717) is 34.2 Å². The molecule has 0 aliphatic rings. The first-order valence-corrected chi connectivity index (χ1v) is 9.44. The fourth-order valence-corrected chi connectivity index (χ4v) is 3.59. The zero-order valence-corrected chi connectivity index (χ0v) is 16.4. The van der Waals surface area contributed by atoms with Gasteiger partial charge in [-0.1, -0.05) is 23.5 Å². The first-order chi connectivity index (χ1) is 12.9. The highest BCUT2D eigenvalue weighted by Crippen LogP contribution is 2.29. The van der Waals surface area contributed by atoms with Gasteiger partial charge in [0, 0.05) is 13.1 Å². The molecule has 3 rings (SSSR count). The van der Waals surface area contributed by atoms with Crippen molar-refractivity contribution in [3.8, 4) is 5.75 Å². The van der Waals surface area contributed by atoms with Crippen LogP contribution in [0.2, 0.25) is 0 Å². The molecule has 0 N–H and O–H groups in total. The zero-order valence-electron chi connectivity index (χ0n) is 15.6. The quantitative estimate of drug-likeness (QED) is 0.620. The predicted octanol–water partition coefficient (Wildman–Crippen LogP) is 3.72. The molecule has 0 saturated carbocycles. The van der Waals surface area contributed by atoms with Crippen LogP contribution in [0, 0.1) is 12.7 Å². The molecule has 27 heavy (non-hydrogen) atoms. The number of hydrogen-bond acceptors (Lipinski definition) is 5. The Bertz CT molecular complexity index is 942. The molecule has 0 spiro atoms. The number of likely N-dealkylation sites (N-methyl/N-ethyl adjacent to an activating group) is 1. The molecule has 5 nitrogen and oxygen atoms in total. The Morgan fingerprint density at radius 1 is 1.19 bits per heavy atom. The number of fused-ring (bicyclic) bond motifs is 1. The summed E-state index contributed by atoms with van der Waals surface area (Å²) in [7, 11) is 3.89. The summed E-state index contributed by atoms with van der Waals surface area (Å²) in [6, 6.07) is 12.0. The SMILES string of the molecule is Cc1cccc(OCC(=O)N(CCN(C)C)c2nc3ccc(F)cc3s2)c1. The Morgan fingerprint density at radius 2 is 2.00 bits per heavy atom. The number of carbonyl (C=O) groups excluding carboxylic acids is 1. The second kappa shape index (κ2) is 8.45. The van der Waals surface area contributed by atoms with Gasteiger partial charge in [0.05, 0.1) is 10.2 Å². The summed E-state index contributed by atoms with van der Waals surface area (Å²) < 4.78 is 19.9. The number of halogens is 1. The zero-order chi connectivity index (χ0) is 19.4.